The lowest BCUT2D eigenvalue weighted by Gasteiger charge is -2.36. The number of hydrogen-bond donors (Lipinski definition) is 2. The van der Waals surface area contributed by atoms with Gasteiger partial charge in [-0.2, -0.15) is 0 Å². The van der Waals surface area contributed by atoms with Gasteiger partial charge in [0.25, 0.3) is 5.91 Å². The van der Waals surface area contributed by atoms with Crippen molar-refractivity contribution in [2.24, 2.45) is 5.92 Å². The minimum absolute atomic E-state index is 0.0362. The zero-order chi connectivity index (χ0) is 25.4. The molecule has 3 aromatic carbocycles. The number of fused-ring (bicyclic) bond motifs is 2. The fourth-order valence-corrected chi connectivity index (χ4v) is 5.31. The highest BCUT2D eigenvalue weighted by Gasteiger charge is 2.46. The molecule has 0 bridgehead atoms. The first-order valence-electron chi connectivity index (χ1n) is 12.8. The average Bonchev–Trinajstić information content (AvgIpc) is 3.43. The third-order valence-electron chi connectivity index (χ3n) is 7.51. The van der Waals surface area contributed by atoms with Crippen LogP contribution in [0.3, 0.4) is 0 Å². The number of benzene rings is 3. The minimum Gasteiger partial charge on any atom is -0.361 e. The Labute approximate surface area is 212 Å². The summed E-state index contributed by atoms with van der Waals surface area (Å²) in [6.45, 7) is 8.41. The van der Waals surface area contributed by atoms with Crippen LogP contribution in [0.4, 0.5) is 5.69 Å². The number of H-pyrrole nitrogens is 1. The van der Waals surface area contributed by atoms with Crippen molar-refractivity contribution in [3.63, 3.8) is 0 Å². The Morgan fingerprint density at radius 3 is 2.36 bits per heavy atom. The van der Waals surface area contributed by atoms with E-state index in [1.807, 2.05) is 77.8 Å². The van der Waals surface area contributed by atoms with E-state index in [9.17, 15) is 9.59 Å². The summed E-state index contributed by atoms with van der Waals surface area (Å²) in [6, 6.07) is 22.8. The van der Waals surface area contributed by atoms with Crippen molar-refractivity contribution in [2.75, 3.05) is 5.32 Å². The average molecular weight is 480 g/mol. The predicted octanol–water partition coefficient (Wildman–Crippen LogP) is 6.89. The molecule has 3 atom stereocenters. The van der Waals surface area contributed by atoms with E-state index in [4.69, 9.17) is 0 Å². The predicted molar refractivity (Wildman–Crippen MR) is 145 cm³/mol. The Morgan fingerprint density at radius 1 is 0.944 bits per heavy atom. The lowest BCUT2D eigenvalue weighted by Crippen LogP contribution is -2.49. The number of aromatic nitrogens is 1. The van der Waals surface area contributed by atoms with Crippen LogP contribution >= 0.6 is 0 Å². The van der Waals surface area contributed by atoms with Crippen LogP contribution in [-0.2, 0) is 4.79 Å². The van der Waals surface area contributed by atoms with Crippen molar-refractivity contribution < 1.29 is 9.59 Å². The van der Waals surface area contributed by atoms with Gasteiger partial charge in [-0.3, -0.25) is 9.59 Å². The summed E-state index contributed by atoms with van der Waals surface area (Å²) in [5, 5.41) is 4.17. The molecule has 1 aromatic heterocycles. The number of nitrogens with one attached hydrogen (secondary N) is 2. The summed E-state index contributed by atoms with van der Waals surface area (Å²) in [4.78, 5) is 33.0. The molecule has 3 unspecified atom stereocenters. The standard InChI is InChI=1S/C31H33N3O2/c1-5-20(4)28(30(35)33-22-16-14-21(15-17-22)19(2)3)34-29(24-11-6-7-12-25(24)31(34)36)26-18-32-27-13-9-8-10-23(26)27/h6-20,28-29,32H,5H2,1-4H3,(H,33,35). The van der Waals surface area contributed by atoms with E-state index in [-0.39, 0.29) is 23.8 Å². The molecule has 2 heterocycles. The Kier molecular flexibility index (Phi) is 6.40. The quantitative estimate of drug-likeness (QED) is 0.303. The lowest BCUT2D eigenvalue weighted by molar-refractivity contribution is -0.122. The van der Waals surface area contributed by atoms with Gasteiger partial charge < -0.3 is 15.2 Å². The zero-order valence-corrected chi connectivity index (χ0v) is 21.3. The van der Waals surface area contributed by atoms with Gasteiger partial charge in [0.2, 0.25) is 5.91 Å². The first-order chi connectivity index (χ1) is 17.4. The molecule has 0 spiro atoms. The molecule has 5 rings (SSSR count). The summed E-state index contributed by atoms with van der Waals surface area (Å²) >= 11 is 0. The van der Waals surface area contributed by atoms with Crippen LogP contribution < -0.4 is 5.32 Å². The maximum absolute atomic E-state index is 13.9. The number of amides is 2. The molecule has 5 nitrogen and oxygen atoms in total. The number of aromatic amines is 1. The zero-order valence-electron chi connectivity index (χ0n) is 21.3. The van der Waals surface area contributed by atoms with Crippen LogP contribution in [0.1, 0.15) is 73.1 Å². The van der Waals surface area contributed by atoms with Crippen LogP contribution in [0.5, 0.6) is 0 Å². The van der Waals surface area contributed by atoms with E-state index in [1.165, 1.54) is 5.56 Å². The smallest absolute Gasteiger partial charge is 0.255 e. The molecule has 36 heavy (non-hydrogen) atoms. The van der Waals surface area contributed by atoms with Gasteiger partial charge in [-0.15, -0.1) is 0 Å². The largest absolute Gasteiger partial charge is 0.361 e. The summed E-state index contributed by atoms with van der Waals surface area (Å²) < 4.78 is 0. The maximum atomic E-state index is 13.9. The van der Waals surface area contributed by atoms with E-state index in [1.54, 1.807) is 0 Å². The van der Waals surface area contributed by atoms with Crippen molar-refractivity contribution in [2.45, 2.75) is 52.1 Å². The highest BCUT2D eigenvalue weighted by Crippen LogP contribution is 2.43. The van der Waals surface area contributed by atoms with Gasteiger partial charge in [0.1, 0.15) is 6.04 Å². The normalized spacial score (nSPS) is 16.9. The van der Waals surface area contributed by atoms with Crippen LogP contribution in [0.25, 0.3) is 10.9 Å². The number of nitrogens with zero attached hydrogens (tertiary/aromatic N) is 1. The molecular formula is C31H33N3O2. The Morgan fingerprint density at radius 2 is 1.64 bits per heavy atom. The van der Waals surface area contributed by atoms with E-state index >= 15 is 0 Å². The monoisotopic (exact) mass is 479 g/mol. The molecule has 0 radical (unpaired) electrons. The number of rotatable bonds is 7. The van der Waals surface area contributed by atoms with Crippen molar-refractivity contribution in [3.8, 4) is 0 Å². The molecule has 2 amide bonds. The molecule has 4 aromatic rings. The number of hydrogen-bond acceptors (Lipinski definition) is 2. The molecule has 1 aliphatic heterocycles. The number of carbonyl (C=O) groups excluding carboxylic acids is 2. The summed E-state index contributed by atoms with van der Waals surface area (Å²) in [5.74, 6) is 0.121. The maximum Gasteiger partial charge on any atom is 0.255 e. The first-order valence-corrected chi connectivity index (χ1v) is 12.8. The second-order valence-corrected chi connectivity index (χ2v) is 10.1. The topological polar surface area (TPSA) is 65.2 Å². The third-order valence-corrected chi connectivity index (χ3v) is 7.51. The molecule has 1 aliphatic rings. The van der Waals surface area contributed by atoms with Crippen molar-refractivity contribution in [3.05, 3.63) is 101 Å². The van der Waals surface area contributed by atoms with Gasteiger partial charge in [-0.25, -0.2) is 0 Å². The SMILES string of the molecule is CCC(C)C(C(=O)Nc1ccc(C(C)C)cc1)N1C(=O)c2ccccc2C1c1c[nH]c2ccccc12. The van der Waals surface area contributed by atoms with E-state index in [0.717, 1.165) is 34.1 Å². The molecule has 5 heteroatoms. The number of para-hydroxylation sites is 1. The number of carbonyl (C=O) groups is 2. The van der Waals surface area contributed by atoms with E-state index in [2.05, 4.69) is 44.1 Å². The lowest BCUT2D eigenvalue weighted by atomic mass is 9.92. The van der Waals surface area contributed by atoms with Crippen molar-refractivity contribution in [1.29, 1.82) is 0 Å². The summed E-state index contributed by atoms with van der Waals surface area (Å²) in [5.41, 5.74) is 5.58. The molecule has 0 saturated heterocycles. The molecule has 0 saturated carbocycles. The molecule has 0 aliphatic carbocycles. The van der Waals surface area contributed by atoms with Crippen molar-refractivity contribution in [1.82, 2.24) is 9.88 Å². The van der Waals surface area contributed by atoms with Gasteiger partial charge in [-0.1, -0.05) is 82.6 Å². The van der Waals surface area contributed by atoms with Gasteiger partial charge in [0.15, 0.2) is 0 Å². The van der Waals surface area contributed by atoms with Crippen LogP contribution in [0.2, 0.25) is 0 Å². The van der Waals surface area contributed by atoms with E-state index in [0.29, 0.717) is 11.5 Å². The second-order valence-electron chi connectivity index (χ2n) is 10.1. The Balaban J connectivity index is 1.57. The van der Waals surface area contributed by atoms with Crippen LogP contribution in [0, 0.1) is 5.92 Å². The summed E-state index contributed by atoms with van der Waals surface area (Å²) in [7, 11) is 0. The van der Waals surface area contributed by atoms with Gasteiger partial charge in [0.05, 0.1) is 6.04 Å². The highest BCUT2D eigenvalue weighted by atomic mass is 16.2. The first kappa shape index (κ1) is 23.9. The van der Waals surface area contributed by atoms with E-state index < -0.39 is 6.04 Å². The van der Waals surface area contributed by atoms with Crippen LogP contribution in [-0.4, -0.2) is 27.7 Å². The summed E-state index contributed by atoms with van der Waals surface area (Å²) in [6.07, 6.45) is 2.75. The molecule has 184 valence electrons. The fourth-order valence-electron chi connectivity index (χ4n) is 5.31. The Hall–Kier alpha value is -3.86. The van der Waals surface area contributed by atoms with Gasteiger partial charge in [-0.05, 0) is 47.2 Å². The van der Waals surface area contributed by atoms with Gasteiger partial charge >= 0.3 is 0 Å². The molecule has 0 fully saturated rings. The minimum atomic E-state index is -0.627. The second kappa shape index (κ2) is 9.65. The van der Waals surface area contributed by atoms with Gasteiger partial charge in [0, 0.05) is 33.9 Å². The third kappa shape index (κ3) is 4.09. The molecular weight excluding hydrogens is 446 g/mol. The molecule has 2 N–H and O–H groups in total. The van der Waals surface area contributed by atoms with Crippen molar-refractivity contribution >= 4 is 28.4 Å². The fraction of sp³-hybridized carbons (Fsp3) is 0.290. The Bertz CT molecular complexity index is 1400. The van der Waals surface area contributed by atoms with Crippen LogP contribution in [0.15, 0.2) is 79.0 Å². The highest BCUT2D eigenvalue weighted by molar-refractivity contribution is 6.05. The number of anilines is 1.